The Balaban J connectivity index is 3.73. The van der Waals surface area contributed by atoms with E-state index >= 15 is 0 Å². The van der Waals surface area contributed by atoms with Crippen LogP contribution in [-0.4, -0.2) is 52.9 Å². The lowest BCUT2D eigenvalue weighted by atomic mass is 10.1. The highest BCUT2D eigenvalue weighted by molar-refractivity contribution is 7.86. The molecule has 10 nitrogen and oxygen atoms in total. The molecule has 4 N–H and O–H groups in total. The maximum absolute atomic E-state index is 11.6. The molecule has 0 fully saturated rings. The number of benzene rings is 1. The van der Waals surface area contributed by atoms with Crippen LogP contribution >= 0.6 is 0 Å². The SMILES string of the molecule is CC=CC(=O)Oc1c(S(=O)(=O)O)cc(C(=O)O)c(O)c1OCC(C)O. The van der Waals surface area contributed by atoms with Gasteiger partial charge in [0.1, 0.15) is 17.1 Å². The first-order valence-electron chi connectivity index (χ1n) is 6.75. The van der Waals surface area contributed by atoms with E-state index in [0.29, 0.717) is 6.07 Å². The van der Waals surface area contributed by atoms with Gasteiger partial charge in [-0.25, -0.2) is 9.59 Å². The molecule has 1 unspecified atom stereocenters. The number of ether oxygens (including phenoxy) is 2. The van der Waals surface area contributed by atoms with Crippen molar-refractivity contribution in [1.29, 1.82) is 0 Å². The predicted molar refractivity (Wildman–Crippen MR) is 82.5 cm³/mol. The van der Waals surface area contributed by atoms with E-state index in [2.05, 4.69) is 0 Å². The van der Waals surface area contributed by atoms with Gasteiger partial charge in [-0.15, -0.1) is 0 Å². The Morgan fingerprint density at radius 1 is 1.32 bits per heavy atom. The van der Waals surface area contributed by atoms with Crippen molar-refractivity contribution < 1.29 is 47.4 Å². The van der Waals surface area contributed by atoms with Crippen LogP contribution in [0.3, 0.4) is 0 Å². The summed E-state index contributed by atoms with van der Waals surface area (Å²) in [6, 6.07) is 0.417. The number of phenols is 1. The Bertz CT molecular complexity index is 807. The van der Waals surface area contributed by atoms with E-state index in [1.54, 1.807) is 0 Å². The highest BCUT2D eigenvalue weighted by Gasteiger charge is 2.30. The topological polar surface area (TPSA) is 168 Å². The van der Waals surface area contributed by atoms with Gasteiger partial charge in [0, 0.05) is 6.08 Å². The minimum absolute atomic E-state index is 0.417. The van der Waals surface area contributed by atoms with Crippen LogP contribution in [0.15, 0.2) is 23.1 Å². The minimum Gasteiger partial charge on any atom is -0.504 e. The molecule has 1 aromatic rings. The normalized spacial score (nSPS) is 12.8. The van der Waals surface area contributed by atoms with E-state index < -0.39 is 62.5 Å². The van der Waals surface area contributed by atoms with Gasteiger partial charge >= 0.3 is 11.9 Å². The van der Waals surface area contributed by atoms with Crippen molar-refractivity contribution >= 4 is 22.1 Å². The van der Waals surface area contributed by atoms with Crippen LogP contribution in [-0.2, 0) is 14.9 Å². The lowest BCUT2D eigenvalue weighted by Gasteiger charge is -2.17. The Morgan fingerprint density at radius 2 is 1.92 bits per heavy atom. The summed E-state index contributed by atoms with van der Waals surface area (Å²) in [5.74, 6) is -5.57. The number of carbonyl (C=O) groups excluding carboxylic acids is 1. The standard InChI is InChI=1S/C14H16O10S/c1-3-4-10(16)24-12-9(25(20,21)22)5-8(14(18)19)11(17)13(12)23-6-7(2)15/h3-5,7,15,17H,6H2,1-2H3,(H,18,19)(H,20,21,22). The van der Waals surface area contributed by atoms with Crippen molar-refractivity contribution in [1.82, 2.24) is 0 Å². The molecule has 1 aromatic carbocycles. The fourth-order valence-electron chi connectivity index (χ4n) is 1.67. The second-order valence-electron chi connectivity index (χ2n) is 4.79. The number of hydrogen-bond acceptors (Lipinski definition) is 8. The van der Waals surface area contributed by atoms with Gasteiger partial charge in [0.25, 0.3) is 10.1 Å². The number of carboxylic acids is 1. The largest absolute Gasteiger partial charge is 0.504 e. The summed E-state index contributed by atoms with van der Waals surface area (Å²) in [6.45, 7) is 2.28. The smallest absolute Gasteiger partial charge is 0.339 e. The van der Waals surface area contributed by atoms with Crippen LogP contribution in [0.25, 0.3) is 0 Å². The van der Waals surface area contributed by atoms with E-state index in [9.17, 15) is 32.8 Å². The van der Waals surface area contributed by atoms with Crippen LogP contribution in [0.2, 0.25) is 0 Å². The number of aliphatic hydroxyl groups excluding tert-OH is 1. The summed E-state index contributed by atoms with van der Waals surface area (Å²) in [7, 11) is -5.05. The fourth-order valence-corrected chi connectivity index (χ4v) is 2.30. The maximum atomic E-state index is 11.6. The molecule has 1 atom stereocenters. The number of allylic oxidation sites excluding steroid dienone is 1. The van der Waals surface area contributed by atoms with E-state index in [0.717, 1.165) is 6.08 Å². The number of esters is 1. The molecule has 25 heavy (non-hydrogen) atoms. The van der Waals surface area contributed by atoms with E-state index in [1.165, 1.54) is 19.9 Å². The number of rotatable bonds is 7. The van der Waals surface area contributed by atoms with E-state index in [4.69, 9.17) is 14.6 Å². The van der Waals surface area contributed by atoms with Crippen LogP contribution in [0.4, 0.5) is 0 Å². The summed E-state index contributed by atoms with van der Waals surface area (Å²) >= 11 is 0. The number of aromatic carboxylic acids is 1. The molecular weight excluding hydrogens is 360 g/mol. The van der Waals surface area contributed by atoms with Gasteiger partial charge in [-0.3, -0.25) is 4.55 Å². The molecule has 0 saturated carbocycles. The van der Waals surface area contributed by atoms with Crippen LogP contribution < -0.4 is 9.47 Å². The Morgan fingerprint density at radius 3 is 2.36 bits per heavy atom. The summed E-state index contributed by atoms with van der Waals surface area (Å²) in [5, 5.41) is 28.3. The van der Waals surface area contributed by atoms with Gasteiger partial charge in [-0.05, 0) is 19.9 Å². The first-order chi connectivity index (χ1) is 11.5. The van der Waals surface area contributed by atoms with Crippen molar-refractivity contribution in [3.05, 3.63) is 23.8 Å². The molecule has 0 radical (unpaired) electrons. The number of carboxylic acid groups (broad SMARTS) is 1. The predicted octanol–water partition coefficient (Wildman–Crippen LogP) is 0.578. The Hall–Kier alpha value is -2.63. The molecule has 0 amide bonds. The van der Waals surface area contributed by atoms with Gasteiger partial charge in [-0.1, -0.05) is 6.08 Å². The van der Waals surface area contributed by atoms with E-state index in [1.807, 2.05) is 0 Å². The van der Waals surface area contributed by atoms with Crippen molar-refractivity contribution in [2.45, 2.75) is 24.8 Å². The number of carbonyl (C=O) groups is 2. The van der Waals surface area contributed by atoms with Gasteiger partial charge in [0.05, 0.1) is 6.10 Å². The van der Waals surface area contributed by atoms with Crippen molar-refractivity contribution in [2.75, 3.05) is 6.61 Å². The third-order valence-corrected chi connectivity index (χ3v) is 3.52. The monoisotopic (exact) mass is 376 g/mol. The van der Waals surface area contributed by atoms with Crippen molar-refractivity contribution in [3.8, 4) is 17.2 Å². The van der Waals surface area contributed by atoms with Gasteiger partial charge in [0.2, 0.25) is 5.75 Å². The van der Waals surface area contributed by atoms with Crippen LogP contribution in [0, 0.1) is 0 Å². The first-order valence-corrected chi connectivity index (χ1v) is 8.19. The highest BCUT2D eigenvalue weighted by Crippen LogP contribution is 2.44. The van der Waals surface area contributed by atoms with Gasteiger partial charge in [-0.2, -0.15) is 8.42 Å². The molecule has 0 bridgehead atoms. The number of aliphatic hydroxyl groups is 1. The molecule has 1 rings (SSSR count). The zero-order valence-electron chi connectivity index (χ0n) is 13.2. The zero-order valence-corrected chi connectivity index (χ0v) is 14.0. The van der Waals surface area contributed by atoms with Crippen molar-refractivity contribution in [2.24, 2.45) is 0 Å². The quantitative estimate of drug-likeness (QED) is 0.228. The van der Waals surface area contributed by atoms with Crippen molar-refractivity contribution in [3.63, 3.8) is 0 Å². The minimum atomic E-state index is -5.05. The van der Waals surface area contributed by atoms with Gasteiger partial charge in [0.15, 0.2) is 11.5 Å². The average Bonchev–Trinajstić information content (AvgIpc) is 2.44. The molecule has 138 valence electrons. The molecule has 0 spiro atoms. The summed E-state index contributed by atoms with van der Waals surface area (Å²) in [5.41, 5.74) is -0.918. The first kappa shape index (κ1) is 20.4. The van der Waals surface area contributed by atoms with Crippen LogP contribution in [0.5, 0.6) is 17.2 Å². The Kier molecular flexibility index (Phi) is 6.50. The molecule has 0 heterocycles. The molecule has 0 saturated heterocycles. The Labute approximate surface area is 142 Å². The molecule has 11 heteroatoms. The van der Waals surface area contributed by atoms with Crippen LogP contribution in [0.1, 0.15) is 24.2 Å². The lowest BCUT2D eigenvalue weighted by molar-refractivity contribution is -0.129. The number of hydrogen-bond donors (Lipinski definition) is 4. The molecule has 0 aliphatic heterocycles. The zero-order chi connectivity index (χ0) is 19.4. The number of aromatic hydroxyl groups is 1. The maximum Gasteiger partial charge on any atom is 0.339 e. The fraction of sp³-hybridized carbons (Fsp3) is 0.286. The second kappa shape index (κ2) is 7.96. The molecule has 0 aliphatic carbocycles. The highest BCUT2D eigenvalue weighted by atomic mass is 32.2. The third-order valence-electron chi connectivity index (χ3n) is 2.66. The van der Waals surface area contributed by atoms with E-state index in [-0.39, 0.29) is 0 Å². The van der Waals surface area contributed by atoms with Gasteiger partial charge < -0.3 is 24.8 Å². The third kappa shape index (κ3) is 5.17. The molecule has 0 aromatic heterocycles. The summed E-state index contributed by atoms with van der Waals surface area (Å²) < 4.78 is 42.1. The average molecular weight is 376 g/mol. The lowest BCUT2D eigenvalue weighted by Crippen LogP contribution is -2.17. The summed E-state index contributed by atoms with van der Waals surface area (Å²) in [6.07, 6.45) is 1.10. The molecule has 0 aliphatic rings. The summed E-state index contributed by atoms with van der Waals surface area (Å²) in [4.78, 5) is 21.7. The molecular formula is C14H16O10S. The second-order valence-corrected chi connectivity index (χ2v) is 6.18.